The quantitative estimate of drug-likeness (QED) is 0.675. The van der Waals surface area contributed by atoms with E-state index in [0.29, 0.717) is 6.61 Å². The highest BCUT2D eigenvalue weighted by molar-refractivity contribution is 4.66. The van der Waals surface area contributed by atoms with Crippen molar-refractivity contribution in [3.8, 4) is 0 Å². The van der Waals surface area contributed by atoms with E-state index in [1.165, 1.54) is 6.92 Å². The fourth-order valence-electron chi connectivity index (χ4n) is 1.20. The first-order valence-corrected chi connectivity index (χ1v) is 4.18. The van der Waals surface area contributed by atoms with Crippen molar-refractivity contribution in [3.63, 3.8) is 0 Å². The zero-order valence-electron chi connectivity index (χ0n) is 7.17. The van der Waals surface area contributed by atoms with Crippen LogP contribution in [0.15, 0.2) is 0 Å². The Labute approximate surface area is 67.3 Å². The Morgan fingerprint density at radius 1 is 1.64 bits per heavy atom. The average Bonchev–Trinajstić information content (AvgIpc) is 2.26. The van der Waals surface area contributed by atoms with Crippen LogP contribution in [0.25, 0.3) is 0 Å². The van der Waals surface area contributed by atoms with Crippen LogP contribution >= 0.6 is 0 Å². The standard InChI is InChI=1S/C8H16O3/c1-3-4-5-7-6-10-8(2,9)11-7/h7,9H,3-6H2,1-2H3. The Morgan fingerprint density at radius 2 is 2.36 bits per heavy atom. The number of aliphatic hydroxyl groups is 1. The molecule has 0 bridgehead atoms. The van der Waals surface area contributed by atoms with Gasteiger partial charge in [0.1, 0.15) is 0 Å². The second-order valence-electron chi connectivity index (χ2n) is 3.09. The molecule has 0 saturated carbocycles. The van der Waals surface area contributed by atoms with E-state index in [2.05, 4.69) is 6.92 Å². The first kappa shape index (κ1) is 8.97. The highest BCUT2D eigenvalue weighted by Crippen LogP contribution is 2.22. The van der Waals surface area contributed by atoms with Crippen molar-refractivity contribution in [1.82, 2.24) is 0 Å². The number of hydrogen-bond donors (Lipinski definition) is 1. The minimum atomic E-state index is -1.33. The van der Waals surface area contributed by atoms with Crippen LogP contribution in [0, 0.1) is 0 Å². The molecule has 0 radical (unpaired) electrons. The fraction of sp³-hybridized carbons (Fsp3) is 1.00. The van der Waals surface area contributed by atoms with Gasteiger partial charge >= 0.3 is 0 Å². The maximum atomic E-state index is 9.22. The van der Waals surface area contributed by atoms with Crippen molar-refractivity contribution < 1.29 is 14.6 Å². The predicted molar refractivity (Wildman–Crippen MR) is 41.0 cm³/mol. The molecule has 0 amide bonds. The molecule has 1 saturated heterocycles. The molecule has 0 aromatic rings. The second-order valence-corrected chi connectivity index (χ2v) is 3.09. The number of unbranched alkanes of at least 4 members (excludes halogenated alkanes) is 1. The summed E-state index contributed by atoms with van der Waals surface area (Å²) >= 11 is 0. The zero-order valence-corrected chi connectivity index (χ0v) is 7.17. The second kappa shape index (κ2) is 3.52. The third-order valence-electron chi connectivity index (χ3n) is 1.80. The fourth-order valence-corrected chi connectivity index (χ4v) is 1.20. The molecule has 11 heavy (non-hydrogen) atoms. The Balaban J connectivity index is 2.20. The molecule has 1 N–H and O–H groups in total. The van der Waals surface area contributed by atoms with Crippen molar-refractivity contribution in [2.24, 2.45) is 0 Å². The molecule has 0 aromatic heterocycles. The SMILES string of the molecule is CCCCC1COC(C)(O)O1. The van der Waals surface area contributed by atoms with E-state index in [1.807, 2.05) is 0 Å². The monoisotopic (exact) mass is 160 g/mol. The van der Waals surface area contributed by atoms with E-state index in [1.54, 1.807) is 0 Å². The summed E-state index contributed by atoms with van der Waals surface area (Å²) in [4.78, 5) is 0. The number of ether oxygens (including phenoxy) is 2. The van der Waals surface area contributed by atoms with Crippen LogP contribution in [0.2, 0.25) is 0 Å². The molecule has 0 aliphatic carbocycles. The van der Waals surface area contributed by atoms with Crippen LogP contribution in [0.4, 0.5) is 0 Å². The maximum absolute atomic E-state index is 9.22. The van der Waals surface area contributed by atoms with Crippen molar-refractivity contribution in [1.29, 1.82) is 0 Å². The first-order chi connectivity index (χ1) is 5.14. The molecule has 1 aliphatic rings. The maximum Gasteiger partial charge on any atom is 0.277 e. The average molecular weight is 160 g/mol. The van der Waals surface area contributed by atoms with Gasteiger partial charge in [0.25, 0.3) is 5.97 Å². The minimum Gasteiger partial charge on any atom is -0.344 e. The molecule has 3 nitrogen and oxygen atoms in total. The molecule has 1 rings (SSSR count). The molecular formula is C8H16O3. The molecule has 0 spiro atoms. The summed E-state index contributed by atoms with van der Waals surface area (Å²) in [6.45, 7) is 4.18. The first-order valence-electron chi connectivity index (χ1n) is 4.18. The van der Waals surface area contributed by atoms with E-state index in [0.717, 1.165) is 19.3 Å². The largest absolute Gasteiger partial charge is 0.344 e. The van der Waals surface area contributed by atoms with Gasteiger partial charge in [0.15, 0.2) is 0 Å². The molecule has 3 heteroatoms. The van der Waals surface area contributed by atoms with Crippen LogP contribution in [-0.2, 0) is 9.47 Å². The Kier molecular flexibility index (Phi) is 2.87. The summed E-state index contributed by atoms with van der Waals surface area (Å²) in [6, 6.07) is 0. The molecular weight excluding hydrogens is 144 g/mol. The lowest BCUT2D eigenvalue weighted by Crippen LogP contribution is -2.25. The van der Waals surface area contributed by atoms with Crippen LogP contribution < -0.4 is 0 Å². The Bertz CT molecular complexity index is 123. The van der Waals surface area contributed by atoms with Gasteiger partial charge in [-0.1, -0.05) is 19.8 Å². The van der Waals surface area contributed by atoms with Crippen LogP contribution in [0.3, 0.4) is 0 Å². The zero-order chi connectivity index (χ0) is 8.32. The van der Waals surface area contributed by atoms with Gasteiger partial charge in [0.05, 0.1) is 12.7 Å². The number of hydrogen-bond acceptors (Lipinski definition) is 3. The van der Waals surface area contributed by atoms with Crippen molar-refractivity contribution in [2.75, 3.05) is 6.61 Å². The summed E-state index contributed by atoms with van der Waals surface area (Å²) in [5.41, 5.74) is 0. The van der Waals surface area contributed by atoms with Gasteiger partial charge in [0.2, 0.25) is 0 Å². The lowest BCUT2D eigenvalue weighted by molar-refractivity contribution is -0.298. The van der Waals surface area contributed by atoms with E-state index in [9.17, 15) is 5.11 Å². The smallest absolute Gasteiger partial charge is 0.277 e. The van der Waals surface area contributed by atoms with E-state index >= 15 is 0 Å². The van der Waals surface area contributed by atoms with Gasteiger partial charge in [0, 0.05) is 6.92 Å². The predicted octanol–water partition coefficient (Wildman–Crippen LogP) is 1.26. The summed E-state index contributed by atoms with van der Waals surface area (Å²) < 4.78 is 10.2. The van der Waals surface area contributed by atoms with Gasteiger partial charge < -0.3 is 14.6 Å². The van der Waals surface area contributed by atoms with E-state index in [4.69, 9.17) is 9.47 Å². The third-order valence-corrected chi connectivity index (χ3v) is 1.80. The highest BCUT2D eigenvalue weighted by Gasteiger charge is 2.34. The molecule has 0 aromatic carbocycles. The lowest BCUT2D eigenvalue weighted by Gasteiger charge is -2.14. The van der Waals surface area contributed by atoms with Gasteiger partial charge in [-0.15, -0.1) is 0 Å². The summed E-state index contributed by atoms with van der Waals surface area (Å²) in [6.07, 6.45) is 3.35. The molecule has 1 fully saturated rings. The molecule has 1 heterocycles. The van der Waals surface area contributed by atoms with Gasteiger partial charge in [-0.05, 0) is 6.42 Å². The third kappa shape index (κ3) is 2.77. The normalized spacial score (nSPS) is 37.9. The van der Waals surface area contributed by atoms with Gasteiger partial charge in [-0.3, -0.25) is 0 Å². The van der Waals surface area contributed by atoms with E-state index in [-0.39, 0.29) is 6.10 Å². The Hall–Kier alpha value is -0.120. The molecule has 2 unspecified atom stereocenters. The summed E-state index contributed by atoms with van der Waals surface area (Å²) in [5, 5.41) is 9.22. The molecule has 1 aliphatic heterocycles. The Morgan fingerprint density at radius 3 is 2.82 bits per heavy atom. The van der Waals surface area contributed by atoms with Crippen molar-refractivity contribution >= 4 is 0 Å². The molecule has 66 valence electrons. The van der Waals surface area contributed by atoms with Gasteiger partial charge in [-0.2, -0.15) is 0 Å². The molecule has 2 atom stereocenters. The van der Waals surface area contributed by atoms with Crippen LogP contribution in [0.5, 0.6) is 0 Å². The van der Waals surface area contributed by atoms with Crippen LogP contribution in [0.1, 0.15) is 33.1 Å². The minimum absolute atomic E-state index is 0.0879. The van der Waals surface area contributed by atoms with Crippen molar-refractivity contribution in [3.05, 3.63) is 0 Å². The highest BCUT2D eigenvalue weighted by atomic mass is 16.8. The van der Waals surface area contributed by atoms with Gasteiger partial charge in [-0.25, -0.2) is 0 Å². The van der Waals surface area contributed by atoms with Crippen LogP contribution in [-0.4, -0.2) is 23.8 Å². The van der Waals surface area contributed by atoms with Crippen molar-refractivity contribution in [2.45, 2.75) is 45.2 Å². The topological polar surface area (TPSA) is 38.7 Å². The van der Waals surface area contributed by atoms with E-state index < -0.39 is 5.97 Å². The summed E-state index contributed by atoms with van der Waals surface area (Å²) in [5.74, 6) is -1.33. The summed E-state index contributed by atoms with van der Waals surface area (Å²) in [7, 11) is 0. The number of rotatable bonds is 3. The lowest BCUT2D eigenvalue weighted by atomic mass is 10.2.